The average molecular weight is 343 g/mol. The molecule has 0 unspecified atom stereocenters. The van der Waals surface area contributed by atoms with Gasteiger partial charge < -0.3 is 15.5 Å². The maximum Gasteiger partial charge on any atom is 0.242 e. The first kappa shape index (κ1) is 17.9. The predicted octanol–water partition coefficient (Wildman–Crippen LogP) is 1.95. The monoisotopic (exact) mass is 343 g/mol. The maximum absolute atomic E-state index is 12.6. The van der Waals surface area contributed by atoms with E-state index in [9.17, 15) is 9.59 Å². The molecule has 1 heterocycles. The van der Waals surface area contributed by atoms with E-state index in [2.05, 4.69) is 12.1 Å². The maximum atomic E-state index is 12.6. The number of nitrogens with zero attached hydrogens (tertiary/aromatic N) is 2. The Bertz CT molecular complexity index is 588. The molecule has 5 heteroatoms. The van der Waals surface area contributed by atoms with Gasteiger partial charge in [-0.15, -0.1) is 0 Å². The number of hydrogen-bond donors (Lipinski definition) is 1. The summed E-state index contributed by atoms with van der Waals surface area (Å²) >= 11 is 0. The zero-order valence-electron chi connectivity index (χ0n) is 15.0. The summed E-state index contributed by atoms with van der Waals surface area (Å²) in [6.07, 6.45) is 6.05. The van der Waals surface area contributed by atoms with Gasteiger partial charge in [0.2, 0.25) is 11.8 Å². The van der Waals surface area contributed by atoms with E-state index in [-0.39, 0.29) is 11.8 Å². The van der Waals surface area contributed by atoms with E-state index in [1.54, 1.807) is 0 Å². The molecule has 136 valence electrons. The molecule has 1 aromatic rings. The fraction of sp³-hybridized carbons (Fsp3) is 0.600. The summed E-state index contributed by atoms with van der Waals surface area (Å²) in [5, 5.41) is 0. The van der Waals surface area contributed by atoms with Crippen molar-refractivity contribution in [3.05, 3.63) is 35.9 Å². The number of carbonyl (C=O) groups excluding carboxylic acids is 2. The summed E-state index contributed by atoms with van der Waals surface area (Å²) in [5.41, 5.74) is 6.90. The van der Waals surface area contributed by atoms with Gasteiger partial charge in [0.1, 0.15) is 0 Å². The fourth-order valence-electron chi connectivity index (χ4n) is 3.94. The molecule has 1 aliphatic carbocycles. The Morgan fingerprint density at radius 1 is 0.960 bits per heavy atom. The first-order chi connectivity index (χ1) is 12.1. The van der Waals surface area contributed by atoms with Gasteiger partial charge in [-0.2, -0.15) is 0 Å². The zero-order valence-corrected chi connectivity index (χ0v) is 15.0. The van der Waals surface area contributed by atoms with Gasteiger partial charge in [-0.05, 0) is 31.2 Å². The van der Waals surface area contributed by atoms with Crippen molar-refractivity contribution in [1.29, 1.82) is 0 Å². The van der Waals surface area contributed by atoms with Gasteiger partial charge >= 0.3 is 0 Å². The van der Waals surface area contributed by atoms with E-state index in [1.807, 2.05) is 28.0 Å². The predicted molar refractivity (Wildman–Crippen MR) is 97.9 cm³/mol. The Morgan fingerprint density at radius 2 is 1.56 bits per heavy atom. The van der Waals surface area contributed by atoms with E-state index in [4.69, 9.17) is 5.73 Å². The smallest absolute Gasteiger partial charge is 0.242 e. The van der Waals surface area contributed by atoms with Crippen LogP contribution in [0.1, 0.15) is 44.1 Å². The van der Waals surface area contributed by atoms with Crippen molar-refractivity contribution in [2.75, 3.05) is 26.2 Å². The minimum Gasteiger partial charge on any atom is -0.339 e. The zero-order chi connectivity index (χ0) is 17.7. The van der Waals surface area contributed by atoms with E-state index in [0.29, 0.717) is 32.6 Å². The van der Waals surface area contributed by atoms with Crippen LogP contribution in [0.5, 0.6) is 0 Å². The molecule has 1 saturated carbocycles. The molecular weight excluding hydrogens is 314 g/mol. The highest BCUT2D eigenvalue weighted by molar-refractivity contribution is 5.87. The van der Waals surface area contributed by atoms with E-state index >= 15 is 0 Å². The quantitative estimate of drug-likeness (QED) is 0.889. The Balaban J connectivity index is 1.41. The van der Waals surface area contributed by atoms with Gasteiger partial charge in [0.15, 0.2) is 0 Å². The van der Waals surface area contributed by atoms with Crippen molar-refractivity contribution < 1.29 is 9.59 Å². The molecule has 2 amide bonds. The lowest BCUT2D eigenvalue weighted by Crippen LogP contribution is -2.59. The number of hydrogen-bond acceptors (Lipinski definition) is 3. The number of piperazine rings is 1. The van der Waals surface area contributed by atoms with E-state index < -0.39 is 5.54 Å². The molecule has 0 radical (unpaired) electrons. The molecule has 3 rings (SSSR count). The van der Waals surface area contributed by atoms with Crippen LogP contribution < -0.4 is 5.73 Å². The Labute approximate surface area is 150 Å². The van der Waals surface area contributed by atoms with Gasteiger partial charge in [-0.3, -0.25) is 9.59 Å². The minimum atomic E-state index is -0.651. The molecule has 0 aromatic heterocycles. The molecule has 25 heavy (non-hydrogen) atoms. The van der Waals surface area contributed by atoms with Crippen LogP contribution in [0.25, 0.3) is 0 Å². The third-order valence-corrected chi connectivity index (χ3v) is 5.54. The number of benzene rings is 1. The number of aryl methyl sites for hydroxylation is 1. The normalized spacial score (nSPS) is 19.9. The molecule has 0 bridgehead atoms. The van der Waals surface area contributed by atoms with Crippen LogP contribution in [-0.2, 0) is 16.0 Å². The molecule has 1 aliphatic heterocycles. The molecule has 1 aromatic carbocycles. The largest absolute Gasteiger partial charge is 0.339 e. The van der Waals surface area contributed by atoms with Gasteiger partial charge in [0.05, 0.1) is 5.54 Å². The second kappa shape index (κ2) is 8.00. The second-order valence-electron chi connectivity index (χ2n) is 7.38. The van der Waals surface area contributed by atoms with Gasteiger partial charge in [-0.1, -0.05) is 43.2 Å². The SMILES string of the molecule is NC1(C(=O)N2CCN(C(=O)CCCc3ccccc3)CC2)CCCC1. The summed E-state index contributed by atoms with van der Waals surface area (Å²) in [6, 6.07) is 10.3. The molecule has 5 nitrogen and oxygen atoms in total. The van der Waals surface area contributed by atoms with Crippen molar-refractivity contribution in [3.8, 4) is 0 Å². The average Bonchev–Trinajstić information content (AvgIpc) is 3.10. The highest BCUT2D eigenvalue weighted by Gasteiger charge is 2.40. The van der Waals surface area contributed by atoms with Crippen LogP contribution in [0.2, 0.25) is 0 Å². The molecular formula is C20H29N3O2. The molecule has 2 fully saturated rings. The van der Waals surface area contributed by atoms with Gasteiger partial charge in [0.25, 0.3) is 0 Å². The first-order valence-electron chi connectivity index (χ1n) is 9.48. The summed E-state index contributed by atoms with van der Waals surface area (Å²) in [7, 11) is 0. The Kier molecular flexibility index (Phi) is 5.74. The van der Waals surface area contributed by atoms with Crippen LogP contribution in [0.4, 0.5) is 0 Å². The third kappa shape index (κ3) is 4.40. The Morgan fingerprint density at radius 3 is 2.20 bits per heavy atom. The molecule has 2 N–H and O–H groups in total. The third-order valence-electron chi connectivity index (χ3n) is 5.54. The minimum absolute atomic E-state index is 0.0844. The Hall–Kier alpha value is -1.88. The lowest BCUT2D eigenvalue weighted by atomic mass is 9.97. The molecule has 2 aliphatic rings. The van der Waals surface area contributed by atoms with Crippen LogP contribution in [-0.4, -0.2) is 53.3 Å². The second-order valence-corrected chi connectivity index (χ2v) is 7.38. The van der Waals surface area contributed by atoms with Gasteiger partial charge in [0, 0.05) is 32.6 Å². The van der Waals surface area contributed by atoms with Crippen molar-refractivity contribution >= 4 is 11.8 Å². The highest BCUT2D eigenvalue weighted by Crippen LogP contribution is 2.29. The topological polar surface area (TPSA) is 66.6 Å². The summed E-state index contributed by atoms with van der Waals surface area (Å²) in [5.74, 6) is 0.285. The van der Waals surface area contributed by atoms with Crippen LogP contribution in [0.15, 0.2) is 30.3 Å². The molecule has 0 atom stereocenters. The van der Waals surface area contributed by atoms with Crippen molar-refractivity contribution in [3.63, 3.8) is 0 Å². The van der Waals surface area contributed by atoms with E-state index in [1.165, 1.54) is 5.56 Å². The lowest BCUT2D eigenvalue weighted by molar-refractivity contribution is -0.143. The number of rotatable bonds is 5. The highest BCUT2D eigenvalue weighted by atomic mass is 16.2. The summed E-state index contributed by atoms with van der Waals surface area (Å²) in [4.78, 5) is 28.8. The first-order valence-corrected chi connectivity index (χ1v) is 9.48. The summed E-state index contributed by atoms with van der Waals surface area (Å²) < 4.78 is 0. The number of carbonyl (C=O) groups is 2. The number of nitrogens with two attached hydrogens (primary N) is 1. The molecule has 1 saturated heterocycles. The number of amides is 2. The fourth-order valence-corrected chi connectivity index (χ4v) is 3.94. The lowest BCUT2D eigenvalue weighted by Gasteiger charge is -2.38. The van der Waals surface area contributed by atoms with Crippen molar-refractivity contribution in [2.45, 2.75) is 50.5 Å². The van der Waals surface area contributed by atoms with Crippen molar-refractivity contribution in [1.82, 2.24) is 9.80 Å². The van der Waals surface area contributed by atoms with Crippen molar-refractivity contribution in [2.24, 2.45) is 5.73 Å². The van der Waals surface area contributed by atoms with E-state index in [0.717, 1.165) is 38.5 Å². The van der Waals surface area contributed by atoms with Crippen LogP contribution in [0.3, 0.4) is 0 Å². The summed E-state index contributed by atoms with van der Waals surface area (Å²) in [6.45, 7) is 2.49. The van der Waals surface area contributed by atoms with Crippen LogP contribution in [0, 0.1) is 0 Å². The standard InChI is InChI=1S/C20H29N3O2/c21-20(11-4-5-12-20)19(25)23-15-13-22(14-16-23)18(24)10-6-9-17-7-2-1-3-8-17/h1-3,7-8H,4-6,9-16,21H2. The van der Waals surface area contributed by atoms with Crippen LogP contribution >= 0.6 is 0 Å². The molecule has 0 spiro atoms. The van der Waals surface area contributed by atoms with Gasteiger partial charge in [-0.25, -0.2) is 0 Å².